The molecule has 1 aliphatic rings. The van der Waals surface area contributed by atoms with Gasteiger partial charge >= 0.3 is 11.9 Å². The van der Waals surface area contributed by atoms with E-state index in [-0.39, 0.29) is 18.8 Å². The molecule has 1 fully saturated rings. The Kier molecular flexibility index (Phi) is 5.15. The average Bonchev–Trinajstić information content (AvgIpc) is 2.22. The summed E-state index contributed by atoms with van der Waals surface area (Å²) in [5.74, 6) is -1.76. The molecule has 2 unspecified atom stereocenters. The van der Waals surface area contributed by atoms with E-state index in [0.29, 0.717) is 0 Å². The van der Waals surface area contributed by atoms with E-state index in [1.807, 2.05) is 0 Å². The molecule has 0 N–H and O–H groups in total. The largest absolute Gasteiger partial charge is 0.467 e. The number of methoxy groups -OCH3 is 1. The molecule has 2 atom stereocenters. The lowest BCUT2D eigenvalue weighted by Crippen LogP contribution is -2.48. The van der Waals surface area contributed by atoms with Crippen molar-refractivity contribution in [2.24, 2.45) is 0 Å². The second kappa shape index (κ2) is 6.10. The van der Waals surface area contributed by atoms with Crippen molar-refractivity contribution in [1.29, 1.82) is 0 Å². The van der Waals surface area contributed by atoms with E-state index in [0.717, 1.165) is 0 Å². The smallest absolute Gasteiger partial charge is 0.335 e. The summed E-state index contributed by atoms with van der Waals surface area (Å²) in [6.45, 7) is 8.80. The van der Waals surface area contributed by atoms with Crippen molar-refractivity contribution >= 4 is 11.9 Å². The fourth-order valence-electron chi connectivity index (χ4n) is 2.08. The van der Waals surface area contributed by atoms with Gasteiger partial charge < -0.3 is 18.9 Å². The van der Waals surface area contributed by atoms with Gasteiger partial charge in [0, 0.05) is 6.42 Å². The monoisotopic (exact) mass is 288 g/mol. The minimum Gasteiger partial charge on any atom is -0.467 e. The molecule has 6 nitrogen and oxygen atoms in total. The maximum absolute atomic E-state index is 11.8. The lowest BCUT2D eigenvalue weighted by molar-refractivity contribution is -0.298. The molecule has 1 aliphatic heterocycles. The summed E-state index contributed by atoms with van der Waals surface area (Å²) in [6, 6.07) is 0. The third kappa shape index (κ3) is 5.46. The maximum atomic E-state index is 11.8. The van der Waals surface area contributed by atoms with Crippen LogP contribution in [0, 0.1) is 0 Å². The van der Waals surface area contributed by atoms with Gasteiger partial charge in [-0.2, -0.15) is 0 Å². The minimum atomic E-state index is -0.941. The maximum Gasteiger partial charge on any atom is 0.335 e. The summed E-state index contributed by atoms with van der Waals surface area (Å²) in [5.41, 5.74) is -0.542. The highest BCUT2D eigenvalue weighted by molar-refractivity contribution is 5.75. The summed E-state index contributed by atoms with van der Waals surface area (Å²) in [7, 11) is 1.30. The van der Waals surface area contributed by atoms with Crippen molar-refractivity contribution in [3.8, 4) is 0 Å². The molecule has 1 heterocycles. The lowest BCUT2D eigenvalue weighted by Gasteiger charge is -2.39. The molecule has 0 radical (unpaired) electrons. The van der Waals surface area contributed by atoms with E-state index in [2.05, 4.69) is 4.74 Å². The zero-order valence-electron chi connectivity index (χ0n) is 13.0. The summed E-state index contributed by atoms with van der Waals surface area (Å²) in [4.78, 5) is 23.4. The molecule has 0 aromatic heterocycles. The van der Waals surface area contributed by atoms with Gasteiger partial charge in [0.05, 0.1) is 19.6 Å². The zero-order chi connectivity index (χ0) is 15.6. The molecule has 1 rings (SSSR count). The first-order valence-corrected chi connectivity index (χ1v) is 6.68. The number of hydrogen-bond acceptors (Lipinski definition) is 6. The van der Waals surface area contributed by atoms with Gasteiger partial charge in [0.2, 0.25) is 0 Å². The molecular formula is C14H24O6. The standard InChI is InChI=1S/C14H24O6/c1-13(2,3)20-11(15)8-9-7-10(12(16)17-6)19-14(4,5)18-9/h9-10H,7-8H2,1-6H3. The average molecular weight is 288 g/mol. The molecule has 0 saturated carbocycles. The van der Waals surface area contributed by atoms with Crippen LogP contribution in [0.5, 0.6) is 0 Å². The van der Waals surface area contributed by atoms with Crippen LogP contribution in [-0.4, -0.2) is 42.6 Å². The zero-order valence-corrected chi connectivity index (χ0v) is 13.0. The highest BCUT2D eigenvalue weighted by Crippen LogP contribution is 2.29. The number of rotatable bonds is 3. The normalized spacial score (nSPS) is 25.9. The van der Waals surface area contributed by atoms with E-state index in [1.54, 1.807) is 34.6 Å². The van der Waals surface area contributed by atoms with Crippen LogP contribution < -0.4 is 0 Å². The Labute approximate surface area is 119 Å². The molecule has 0 aliphatic carbocycles. The van der Waals surface area contributed by atoms with Gasteiger partial charge in [-0.05, 0) is 34.6 Å². The van der Waals surface area contributed by atoms with Gasteiger partial charge in [0.25, 0.3) is 0 Å². The Morgan fingerprint density at radius 3 is 2.35 bits per heavy atom. The third-order valence-corrected chi connectivity index (χ3v) is 2.63. The number of carbonyl (C=O) groups excluding carboxylic acids is 2. The van der Waals surface area contributed by atoms with Gasteiger partial charge in [-0.25, -0.2) is 4.79 Å². The van der Waals surface area contributed by atoms with Crippen LogP contribution in [0.15, 0.2) is 0 Å². The van der Waals surface area contributed by atoms with Gasteiger partial charge in [-0.15, -0.1) is 0 Å². The molecule has 1 saturated heterocycles. The molecule has 0 amide bonds. The first kappa shape index (κ1) is 16.9. The minimum absolute atomic E-state index is 0.0809. The lowest BCUT2D eigenvalue weighted by atomic mass is 10.1. The van der Waals surface area contributed by atoms with Crippen LogP contribution in [0.25, 0.3) is 0 Å². The summed E-state index contributed by atoms with van der Waals surface area (Å²) < 4.78 is 21.1. The quantitative estimate of drug-likeness (QED) is 0.737. The van der Waals surface area contributed by atoms with Crippen LogP contribution >= 0.6 is 0 Å². The topological polar surface area (TPSA) is 71.1 Å². The van der Waals surface area contributed by atoms with E-state index in [1.165, 1.54) is 7.11 Å². The summed E-state index contributed by atoms with van der Waals surface area (Å²) in [5, 5.41) is 0. The highest BCUT2D eigenvalue weighted by Gasteiger charge is 2.40. The Balaban J connectivity index is 2.65. The van der Waals surface area contributed by atoms with E-state index < -0.39 is 29.6 Å². The molecule has 0 aromatic rings. The van der Waals surface area contributed by atoms with E-state index in [9.17, 15) is 9.59 Å². The van der Waals surface area contributed by atoms with Crippen LogP contribution in [0.3, 0.4) is 0 Å². The fourth-order valence-corrected chi connectivity index (χ4v) is 2.08. The van der Waals surface area contributed by atoms with Crippen LogP contribution in [0.2, 0.25) is 0 Å². The van der Waals surface area contributed by atoms with Crippen LogP contribution in [0.4, 0.5) is 0 Å². The first-order chi connectivity index (χ1) is 9.02. The highest BCUT2D eigenvalue weighted by atomic mass is 16.7. The predicted octanol–water partition coefficient (Wildman–Crippen LogP) is 1.80. The Morgan fingerprint density at radius 2 is 1.85 bits per heavy atom. The Bertz CT molecular complexity index is 368. The molecule has 6 heteroatoms. The van der Waals surface area contributed by atoms with Crippen molar-refractivity contribution in [2.75, 3.05) is 7.11 Å². The number of carbonyl (C=O) groups is 2. The van der Waals surface area contributed by atoms with Crippen molar-refractivity contribution in [1.82, 2.24) is 0 Å². The van der Waals surface area contributed by atoms with Gasteiger partial charge in [0.15, 0.2) is 11.9 Å². The first-order valence-electron chi connectivity index (χ1n) is 6.68. The molecule has 20 heavy (non-hydrogen) atoms. The van der Waals surface area contributed by atoms with Gasteiger partial charge in [0.1, 0.15) is 5.60 Å². The predicted molar refractivity (Wildman–Crippen MR) is 70.9 cm³/mol. The summed E-state index contributed by atoms with van der Waals surface area (Å²) >= 11 is 0. The number of esters is 2. The Morgan fingerprint density at radius 1 is 1.25 bits per heavy atom. The second-order valence-corrected chi connectivity index (χ2v) is 6.30. The fraction of sp³-hybridized carbons (Fsp3) is 0.857. The summed E-state index contributed by atoms with van der Waals surface area (Å²) in [6.07, 6.45) is -0.804. The van der Waals surface area contributed by atoms with E-state index in [4.69, 9.17) is 14.2 Å². The van der Waals surface area contributed by atoms with Gasteiger partial charge in [-0.1, -0.05) is 0 Å². The number of hydrogen-bond donors (Lipinski definition) is 0. The van der Waals surface area contributed by atoms with Crippen LogP contribution in [-0.2, 0) is 28.5 Å². The molecule has 0 aromatic carbocycles. The van der Waals surface area contributed by atoms with Crippen molar-refractivity contribution in [3.05, 3.63) is 0 Å². The van der Waals surface area contributed by atoms with Crippen molar-refractivity contribution < 1.29 is 28.5 Å². The molecule has 0 spiro atoms. The molecule has 116 valence electrons. The molecular weight excluding hydrogens is 264 g/mol. The molecule has 0 bridgehead atoms. The van der Waals surface area contributed by atoms with Crippen molar-refractivity contribution in [2.45, 2.75) is 71.1 Å². The van der Waals surface area contributed by atoms with E-state index >= 15 is 0 Å². The second-order valence-electron chi connectivity index (χ2n) is 6.30. The van der Waals surface area contributed by atoms with Crippen molar-refractivity contribution in [3.63, 3.8) is 0 Å². The SMILES string of the molecule is COC(=O)C1CC(CC(=O)OC(C)(C)C)OC(C)(C)O1. The Hall–Kier alpha value is -1.14. The third-order valence-electron chi connectivity index (χ3n) is 2.63. The van der Waals surface area contributed by atoms with Crippen LogP contribution in [0.1, 0.15) is 47.5 Å². The number of ether oxygens (including phenoxy) is 4. The van der Waals surface area contributed by atoms with Gasteiger partial charge in [-0.3, -0.25) is 4.79 Å².